The Morgan fingerprint density at radius 3 is 2.12 bits per heavy atom. The second-order valence-electron chi connectivity index (χ2n) is 4.81. The zero-order valence-electron chi connectivity index (χ0n) is 11.0. The van der Waals surface area contributed by atoms with Crippen molar-refractivity contribution in [2.24, 2.45) is 0 Å². The Balaban J connectivity index is 1.90. The van der Waals surface area contributed by atoms with Crippen molar-refractivity contribution in [3.05, 3.63) is 35.9 Å². The van der Waals surface area contributed by atoms with Gasteiger partial charge in [-0.25, -0.2) is 0 Å². The molecule has 0 unspecified atom stereocenters. The van der Waals surface area contributed by atoms with Gasteiger partial charge < -0.3 is 4.79 Å². The van der Waals surface area contributed by atoms with E-state index in [-0.39, 0.29) is 0 Å². The number of hydrogen-bond donors (Lipinski definition) is 0. The number of Topliss-reactive ketones (excluding diaryl/α,β-unsaturated/α-hetero) is 1. The predicted molar refractivity (Wildman–Crippen MR) is 73.1 cm³/mol. The van der Waals surface area contributed by atoms with Crippen molar-refractivity contribution >= 4 is 5.78 Å². The molecule has 0 spiro atoms. The molecule has 0 heterocycles. The maximum absolute atomic E-state index is 10.7. The van der Waals surface area contributed by atoms with Crippen LogP contribution in [-0.4, -0.2) is 5.78 Å². The Kier molecular flexibility index (Phi) is 7.37. The van der Waals surface area contributed by atoms with Gasteiger partial charge in [0.05, 0.1) is 0 Å². The van der Waals surface area contributed by atoms with Crippen LogP contribution in [0.1, 0.15) is 57.4 Å². The first-order valence-electron chi connectivity index (χ1n) is 6.82. The summed E-state index contributed by atoms with van der Waals surface area (Å²) in [6.07, 6.45) is 9.45. The standard InChI is InChI=1S/C16H24O/c1-15(17)11-7-4-2-3-5-8-12-16-13-9-6-10-14-16/h6,9-10,13-14H,2-5,7-8,11-12H2,1H3. The van der Waals surface area contributed by atoms with Crippen LogP contribution in [0.2, 0.25) is 0 Å². The minimum Gasteiger partial charge on any atom is -0.300 e. The lowest BCUT2D eigenvalue weighted by Crippen LogP contribution is -1.89. The molecule has 1 rings (SSSR count). The summed E-state index contributed by atoms with van der Waals surface area (Å²) >= 11 is 0. The Morgan fingerprint density at radius 1 is 0.882 bits per heavy atom. The van der Waals surface area contributed by atoms with E-state index in [0.29, 0.717) is 5.78 Å². The smallest absolute Gasteiger partial charge is 0.129 e. The van der Waals surface area contributed by atoms with Gasteiger partial charge in [-0.3, -0.25) is 0 Å². The molecule has 17 heavy (non-hydrogen) atoms. The molecule has 0 aliphatic heterocycles. The van der Waals surface area contributed by atoms with Crippen LogP contribution in [-0.2, 0) is 11.2 Å². The molecule has 94 valence electrons. The molecule has 0 amide bonds. The molecule has 0 aromatic heterocycles. The first-order chi connectivity index (χ1) is 8.29. The zero-order valence-corrected chi connectivity index (χ0v) is 11.0. The van der Waals surface area contributed by atoms with Gasteiger partial charge in [0, 0.05) is 6.42 Å². The van der Waals surface area contributed by atoms with E-state index >= 15 is 0 Å². The third-order valence-electron chi connectivity index (χ3n) is 3.09. The topological polar surface area (TPSA) is 17.1 Å². The molecule has 0 saturated heterocycles. The van der Waals surface area contributed by atoms with Crippen molar-refractivity contribution in [1.82, 2.24) is 0 Å². The molecule has 0 bridgehead atoms. The highest BCUT2D eigenvalue weighted by Gasteiger charge is 1.95. The van der Waals surface area contributed by atoms with Gasteiger partial charge in [0.25, 0.3) is 0 Å². The summed E-state index contributed by atoms with van der Waals surface area (Å²) < 4.78 is 0. The fraction of sp³-hybridized carbons (Fsp3) is 0.562. The van der Waals surface area contributed by atoms with Gasteiger partial charge >= 0.3 is 0 Å². The Bertz CT molecular complexity index is 303. The molecule has 0 radical (unpaired) electrons. The summed E-state index contributed by atoms with van der Waals surface area (Å²) in [5.41, 5.74) is 1.45. The number of ketones is 1. The Morgan fingerprint density at radius 2 is 1.47 bits per heavy atom. The third kappa shape index (κ3) is 7.73. The highest BCUT2D eigenvalue weighted by Crippen LogP contribution is 2.10. The van der Waals surface area contributed by atoms with E-state index in [1.807, 2.05) is 0 Å². The van der Waals surface area contributed by atoms with E-state index < -0.39 is 0 Å². The number of aryl methyl sites for hydroxylation is 1. The quantitative estimate of drug-likeness (QED) is 0.571. The van der Waals surface area contributed by atoms with Crippen LogP contribution in [0, 0.1) is 0 Å². The van der Waals surface area contributed by atoms with Crippen LogP contribution in [0.4, 0.5) is 0 Å². The highest BCUT2D eigenvalue weighted by molar-refractivity contribution is 5.75. The molecule has 0 atom stereocenters. The predicted octanol–water partition coefficient (Wildman–Crippen LogP) is 4.55. The summed E-state index contributed by atoms with van der Waals surface area (Å²) in [6, 6.07) is 10.7. The lowest BCUT2D eigenvalue weighted by molar-refractivity contribution is -0.117. The summed E-state index contributed by atoms with van der Waals surface area (Å²) in [7, 11) is 0. The third-order valence-corrected chi connectivity index (χ3v) is 3.09. The van der Waals surface area contributed by atoms with E-state index in [1.54, 1.807) is 6.92 Å². The molecule has 1 aromatic carbocycles. The van der Waals surface area contributed by atoms with Gasteiger partial charge in [0.1, 0.15) is 5.78 Å². The van der Waals surface area contributed by atoms with E-state index in [9.17, 15) is 4.79 Å². The fourth-order valence-corrected chi connectivity index (χ4v) is 2.05. The monoisotopic (exact) mass is 232 g/mol. The van der Waals surface area contributed by atoms with Crippen LogP contribution in [0.3, 0.4) is 0 Å². The van der Waals surface area contributed by atoms with Gasteiger partial charge in [0.15, 0.2) is 0 Å². The van der Waals surface area contributed by atoms with Gasteiger partial charge in [0.2, 0.25) is 0 Å². The van der Waals surface area contributed by atoms with E-state index in [4.69, 9.17) is 0 Å². The molecule has 0 saturated carbocycles. The molecule has 0 aliphatic rings. The second-order valence-corrected chi connectivity index (χ2v) is 4.81. The summed E-state index contributed by atoms with van der Waals surface area (Å²) in [6.45, 7) is 1.68. The fourth-order valence-electron chi connectivity index (χ4n) is 2.05. The summed E-state index contributed by atoms with van der Waals surface area (Å²) in [4.78, 5) is 10.7. The summed E-state index contributed by atoms with van der Waals surface area (Å²) in [5.74, 6) is 0.328. The lowest BCUT2D eigenvalue weighted by Gasteiger charge is -2.02. The van der Waals surface area contributed by atoms with Gasteiger partial charge in [-0.15, -0.1) is 0 Å². The largest absolute Gasteiger partial charge is 0.300 e. The normalized spacial score (nSPS) is 10.4. The van der Waals surface area contributed by atoms with Crippen molar-refractivity contribution in [2.45, 2.75) is 58.3 Å². The van der Waals surface area contributed by atoms with Crippen LogP contribution < -0.4 is 0 Å². The van der Waals surface area contributed by atoms with Gasteiger partial charge in [-0.1, -0.05) is 56.0 Å². The van der Waals surface area contributed by atoms with E-state index in [1.165, 1.54) is 44.1 Å². The molecule has 0 aliphatic carbocycles. The SMILES string of the molecule is CC(=O)CCCCCCCCc1ccccc1. The molecule has 0 fully saturated rings. The van der Waals surface area contributed by atoms with E-state index in [2.05, 4.69) is 30.3 Å². The maximum atomic E-state index is 10.7. The van der Waals surface area contributed by atoms with Gasteiger partial charge in [-0.2, -0.15) is 0 Å². The number of unbranched alkanes of at least 4 members (excludes halogenated alkanes) is 5. The molecule has 1 heteroatoms. The van der Waals surface area contributed by atoms with Crippen molar-refractivity contribution in [3.8, 4) is 0 Å². The van der Waals surface area contributed by atoms with Gasteiger partial charge in [-0.05, 0) is 31.7 Å². The second kappa shape index (κ2) is 8.98. The van der Waals surface area contributed by atoms with Crippen molar-refractivity contribution in [2.75, 3.05) is 0 Å². The highest BCUT2D eigenvalue weighted by atomic mass is 16.1. The average Bonchev–Trinajstić information content (AvgIpc) is 2.33. The van der Waals surface area contributed by atoms with Crippen molar-refractivity contribution in [3.63, 3.8) is 0 Å². The number of benzene rings is 1. The first-order valence-corrected chi connectivity index (χ1v) is 6.82. The molecular formula is C16H24O. The molecule has 1 aromatic rings. The Hall–Kier alpha value is -1.11. The first kappa shape index (κ1) is 14.0. The molecule has 0 N–H and O–H groups in total. The Labute approximate surface area is 105 Å². The number of carbonyl (C=O) groups is 1. The minimum absolute atomic E-state index is 0.328. The number of carbonyl (C=O) groups excluding carboxylic acids is 1. The van der Waals surface area contributed by atoms with Crippen LogP contribution in [0.15, 0.2) is 30.3 Å². The molecular weight excluding hydrogens is 208 g/mol. The molecule has 1 nitrogen and oxygen atoms in total. The van der Waals surface area contributed by atoms with Crippen molar-refractivity contribution < 1.29 is 4.79 Å². The lowest BCUT2D eigenvalue weighted by atomic mass is 10.0. The maximum Gasteiger partial charge on any atom is 0.129 e. The van der Waals surface area contributed by atoms with Crippen LogP contribution in [0.25, 0.3) is 0 Å². The minimum atomic E-state index is 0.328. The van der Waals surface area contributed by atoms with Crippen molar-refractivity contribution in [1.29, 1.82) is 0 Å². The summed E-state index contributed by atoms with van der Waals surface area (Å²) in [5, 5.41) is 0. The zero-order chi connectivity index (χ0) is 12.3. The number of rotatable bonds is 9. The number of hydrogen-bond acceptors (Lipinski definition) is 1. The van der Waals surface area contributed by atoms with Crippen LogP contribution in [0.5, 0.6) is 0 Å². The van der Waals surface area contributed by atoms with Crippen LogP contribution >= 0.6 is 0 Å². The van der Waals surface area contributed by atoms with E-state index in [0.717, 1.165) is 12.8 Å². The average molecular weight is 232 g/mol.